The van der Waals surface area contributed by atoms with Gasteiger partial charge >= 0.3 is 5.69 Å². The van der Waals surface area contributed by atoms with Gasteiger partial charge in [0.15, 0.2) is 5.88 Å². The van der Waals surface area contributed by atoms with E-state index in [9.17, 15) is 4.79 Å². The monoisotopic (exact) mass is 398 g/mol. The Kier molecular flexibility index (Phi) is 6.07. The third-order valence-electron chi connectivity index (χ3n) is 3.17. The van der Waals surface area contributed by atoms with Crippen molar-refractivity contribution in [3.63, 3.8) is 0 Å². The molecule has 0 aliphatic heterocycles. The van der Waals surface area contributed by atoms with Crippen molar-refractivity contribution in [2.75, 3.05) is 0 Å². The molecule has 0 aliphatic rings. The molecule has 0 fully saturated rings. The van der Waals surface area contributed by atoms with Gasteiger partial charge in [0.2, 0.25) is 0 Å². The summed E-state index contributed by atoms with van der Waals surface area (Å²) in [6.45, 7) is 1.93. The average molecular weight is 398 g/mol. The van der Waals surface area contributed by atoms with Crippen LogP contribution < -0.4 is 15.5 Å². The molecule has 2 aromatic heterocycles. The van der Waals surface area contributed by atoms with E-state index >= 15 is 0 Å². The molecule has 24 heavy (non-hydrogen) atoms. The molecule has 0 atom stereocenters. The van der Waals surface area contributed by atoms with Gasteiger partial charge in [-0.3, -0.25) is 0 Å². The number of aromatic nitrogens is 6. The minimum Gasteiger partial charge on any atom is -0.579 e. The van der Waals surface area contributed by atoms with E-state index < -0.39 is 0 Å². The van der Waals surface area contributed by atoms with Crippen molar-refractivity contribution in [1.29, 1.82) is 0 Å². The van der Waals surface area contributed by atoms with E-state index in [1.54, 1.807) is 25.3 Å². The fourth-order valence-electron chi connectivity index (χ4n) is 2.09. The van der Waals surface area contributed by atoms with Crippen LogP contribution in [0.1, 0.15) is 18.1 Å². The number of nitrogens with zero attached hydrogens (tertiary/aromatic N) is 6. The van der Waals surface area contributed by atoms with E-state index in [4.69, 9.17) is 4.74 Å². The van der Waals surface area contributed by atoms with Gasteiger partial charge in [0.1, 0.15) is 6.61 Å². The van der Waals surface area contributed by atoms with Crippen LogP contribution in [0.2, 0.25) is 0 Å². The van der Waals surface area contributed by atoms with Gasteiger partial charge in [-0.05, 0) is 35.5 Å². The Hall–Kier alpha value is -2.24. The number of hydrogen-bond acceptors (Lipinski definition) is 5. The Morgan fingerprint density at radius 3 is 2.75 bits per heavy atom. The third-order valence-corrected chi connectivity index (χ3v) is 3.17. The topological polar surface area (TPSA) is 88.9 Å². The summed E-state index contributed by atoms with van der Waals surface area (Å²) in [7, 11) is 1.54. The van der Waals surface area contributed by atoms with Crippen molar-refractivity contribution in [3.8, 4) is 23.4 Å². The van der Waals surface area contributed by atoms with Crippen LogP contribution in [0.15, 0.2) is 35.3 Å². The van der Waals surface area contributed by atoms with Gasteiger partial charge in [-0.1, -0.05) is 12.0 Å². The Labute approximate surface area is 163 Å². The average Bonchev–Trinajstić information content (AvgIpc) is 3.18. The maximum Gasteiger partial charge on any atom is 0.368 e. The van der Waals surface area contributed by atoms with Crippen molar-refractivity contribution >= 4 is 0 Å². The molecule has 9 heteroatoms. The Bertz CT molecular complexity index is 933. The van der Waals surface area contributed by atoms with Gasteiger partial charge < -0.3 is 14.9 Å². The molecular formula is C15H13N6O2Y-. The smallest absolute Gasteiger partial charge is 0.368 e. The van der Waals surface area contributed by atoms with E-state index in [1.807, 2.05) is 12.1 Å². The summed E-state index contributed by atoms with van der Waals surface area (Å²) in [6, 6.07) is 7.09. The molecule has 1 aromatic carbocycles. The number of ether oxygens (including phenoxy) is 1. The second-order valence-electron chi connectivity index (χ2n) is 4.63. The van der Waals surface area contributed by atoms with E-state index in [2.05, 4.69) is 32.5 Å². The fraction of sp³-hybridized carbons (Fsp3) is 0.200. The zero-order valence-electron chi connectivity index (χ0n) is 13.2. The molecular weight excluding hydrogens is 385 g/mol. The molecule has 0 amide bonds. The summed E-state index contributed by atoms with van der Waals surface area (Å²) in [6.07, 6.45) is 1.54. The largest absolute Gasteiger partial charge is 0.579 e. The first-order chi connectivity index (χ1) is 11.2. The van der Waals surface area contributed by atoms with Gasteiger partial charge in [-0.15, -0.1) is 5.92 Å². The molecule has 1 radical (unpaired) electrons. The van der Waals surface area contributed by atoms with Gasteiger partial charge in [0.25, 0.3) is 0 Å². The van der Waals surface area contributed by atoms with Crippen molar-refractivity contribution in [3.05, 3.63) is 52.1 Å². The zero-order valence-corrected chi connectivity index (χ0v) is 16.0. The van der Waals surface area contributed by atoms with Crippen LogP contribution >= 0.6 is 0 Å². The Morgan fingerprint density at radius 1 is 1.29 bits per heavy atom. The number of rotatable bonds is 4. The normalized spacial score (nSPS) is 9.75. The minimum atomic E-state index is -0.346. The predicted octanol–water partition coefficient (Wildman–Crippen LogP) is 0.266. The molecule has 0 aliphatic carbocycles. The third kappa shape index (κ3) is 3.63. The van der Waals surface area contributed by atoms with Crippen LogP contribution in [-0.4, -0.2) is 24.9 Å². The van der Waals surface area contributed by atoms with Crippen LogP contribution in [-0.2, 0) is 46.4 Å². The maximum absolute atomic E-state index is 12.1. The van der Waals surface area contributed by atoms with Crippen LogP contribution in [0.5, 0.6) is 5.88 Å². The van der Waals surface area contributed by atoms with E-state index in [0.717, 1.165) is 15.8 Å². The summed E-state index contributed by atoms with van der Waals surface area (Å²) in [5.74, 6) is 6.26. The number of tetrazole rings is 1. The molecule has 0 N–H and O–H groups in total. The summed E-state index contributed by atoms with van der Waals surface area (Å²) in [5, 5.41) is 15.1. The second-order valence-corrected chi connectivity index (χ2v) is 4.63. The van der Waals surface area contributed by atoms with Gasteiger partial charge in [-0.2, -0.15) is 15.6 Å². The summed E-state index contributed by atoms with van der Waals surface area (Å²) in [5.41, 5.74) is 1.71. The van der Waals surface area contributed by atoms with Gasteiger partial charge in [-0.25, -0.2) is 4.79 Å². The molecule has 0 spiro atoms. The molecule has 0 bridgehead atoms. The SMILES string of the molecule is CC#Cc1cccc(-n2nnn(C)c2=O)c1COc1cc[n-]n1.[Y]. The maximum atomic E-state index is 12.1. The molecule has 2 heterocycles. The first-order valence-electron chi connectivity index (χ1n) is 6.82. The van der Waals surface area contributed by atoms with Crippen molar-refractivity contribution in [1.82, 2.24) is 30.0 Å². The van der Waals surface area contributed by atoms with E-state index in [0.29, 0.717) is 11.6 Å². The Morgan fingerprint density at radius 2 is 2.12 bits per heavy atom. The number of aryl methyl sites for hydroxylation is 1. The predicted molar refractivity (Wildman–Crippen MR) is 81.0 cm³/mol. The van der Waals surface area contributed by atoms with Crippen molar-refractivity contribution in [2.24, 2.45) is 7.05 Å². The van der Waals surface area contributed by atoms with E-state index in [-0.39, 0.29) is 45.0 Å². The number of hydrogen-bond donors (Lipinski definition) is 0. The fourth-order valence-corrected chi connectivity index (χ4v) is 2.09. The quantitative estimate of drug-likeness (QED) is 0.587. The molecule has 119 valence electrons. The number of benzene rings is 1. The second kappa shape index (κ2) is 8.04. The summed E-state index contributed by atoms with van der Waals surface area (Å²) < 4.78 is 7.99. The van der Waals surface area contributed by atoms with Gasteiger partial charge in [0.05, 0.1) is 5.69 Å². The first-order valence-corrected chi connectivity index (χ1v) is 6.82. The molecule has 3 rings (SSSR count). The van der Waals surface area contributed by atoms with Gasteiger partial charge in [0, 0.05) is 50.9 Å². The molecule has 8 nitrogen and oxygen atoms in total. The molecule has 3 aromatic rings. The van der Waals surface area contributed by atoms with Crippen LogP contribution in [0.25, 0.3) is 5.69 Å². The molecule has 0 saturated carbocycles. The zero-order chi connectivity index (χ0) is 16.2. The molecule has 0 saturated heterocycles. The summed E-state index contributed by atoms with van der Waals surface area (Å²) >= 11 is 0. The van der Waals surface area contributed by atoms with E-state index in [1.165, 1.54) is 11.7 Å². The van der Waals surface area contributed by atoms with Crippen LogP contribution in [0.3, 0.4) is 0 Å². The van der Waals surface area contributed by atoms with Crippen LogP contribution in [0.4, 0.5) is 0 Å². The van der Waals surface area contributed by atoms with Crippen molar-refractivity contribution < 1.29 is 37.4 Å². The minimum absolute atomic E-state index is 0. The Balaban J connectivity index is 0.00000208. The molecule has 0 unspecified atom stereocenters. The standard InChI is InChI=1S/C15H13N6O2.Y/c1-3-5-11-6-4-7-13(21-15(22)20(2)18-19-21)12(11)10-23-14-8-9-16-17-14;/h4,6-9H,10H2,1-2H3;/q-1;. The summed E-state index contributed by atoms with van der Waals surface area (Å²) in [4.78, 5) is 12.1. The van der Waals surface area contributed by atoms with Crippen LogP contribution in [0, 0.1) is 11.8 Å². The van der Waals surface area contributed by atoms with Crippen molar-refractivity contribution in [2.45, 2.75) is 13.5 Å². The first kappa shape index (κ1) is 18.1.